The smallest absolute Gasteiger partial charge is 0.358 e. The molecule has 0 aliphatic heterocycles. The van der Waals surface area contributed by atoms with Crippen LogP contribution in [-0.4, -0.2) is 16.1 Å². The first kappa shape index (κ1) is 11.3. The Hall–Kier alpha value is -2.24. The van der Waals surface area contributed by atoms with Crippen LogP contribution in [0.1, 0.15) is 16.2 Å². The summed E-state index contributed by atoms with van der Waals surface area (Å²) in [7, 11) is 0. The van der Waals surface area contributed by atoms with Crippen molar-refractivity contribution in [3.05, 3.63) is 41.3 Å². The van der Waals surface area contributed by atoms with Crippen LogP contribution in [0.2, 0.25) is 0 Å². The maximum Gasteiger partial charge on any atom is 0.358 e. The predicted octanol–water partition coefficient (Wildman–Crippen LogP) is 2.63. The van der Waals surface area contributed by atoms with Crippen LogP contribution < -0.4 is 0 Å². The van der Waals surface area contributed by atoms with Gasteiger partial charge in [-0.25, -0.2) is 18.6 Å². The standard InChI is InChI=1S/C11H7F2NO3/c1-5-9(11(15)16)14-10(17-5)6-2-3-7(12)8(13)4-6/h2-4H,1H3,(H,15,16). The zero-order valence-corrected chi connectivity index (χ0v) is 8.70. The molecule has 0 spiro atoms. The number of oxazole rings is 1. The number of aromatic carboxylic acids is 1. The van der Waals surface area contributed by atoms with E-state index in [2.05, 4.69) is 4.98 Å². The molecule has 0 amide bonds. The highest BCUT2D eigenvalue weighted by Crippen LogP contribution is 2.23. The lowest BCUT2D eigenvalue weighted by Gasteiger charge is -1.96. The normalized spacial score (nSPS) is 10.5. The van der Waals surface area contributed by atoms with Gasteiger partial charge in [0, 0.05) is 5.56 Å². The van der Waals surface area contributed by atoms with Gasteiger partial charge < -0.3 is 9.52 Å². The number of hydrogen-bond acceptors (Lipinski definition) is 3. The zero-order valence-electron chi connectivity index (χ0n) is 8.70. The molecule has 88 valence electrons. The number of aromatic nitrogens is 1. The topological polar surface area (TPSA) is 63.3 Å². The summed E-state index contributed by atoms with van der Waals surface area (Å²) in [5.41, 5.74) is -0.0655. The summed E-state index contributed by atoms with van der Waals surface area (Å²) in [6, 6.07) is 3.08. The first-order valence-corrected chi connectivity index (χ1v) is 4.65. The molecule has 0 aliphatic carbocycles. The van der Waals surface area contributed by atoms with Crippen LogP contribution >= 0.6 is 0 Å². The molecule has 0 saturated heterocycles. The molecule has 1 aromatic heterocycles. The molecule has 2 aromatic rings. The molecular formula is C11H7F2NO3. The Morgan fingerprint density at radius 1 is 1.35 bits per heavy atom. The second kappa shape index (κ2) is 3.97. The van der Waals surface area contributed by atoms with Gasteiger partial charge in [-0.2, -0.15) is 0 Å². The van der Waals surface area contributed by atoms with Crippen LogP contribution in [0.4, 0.5) is 8.78 Å². The van der Waals surface area contributed by atoms with E-state index in [-0.39, 0.29) is 22.9 Å². The molecule has 0 atom stereocenters. The van der Waals surface area contributed by atoms with Gasteiger partial charge in [0.05, 0.1) is 0 Å². The molecule has 1 aromatic carbocycles. The molecule has 1 heterocycles. The van der Waals surface area contributed by atoms with E-state index in [4.69, 9.17) is 9.52 Å². The fourth-order valence-corrected chi connectivity index (χ4v) is 1.35. The number of halogens is 2. The molecule has 0 fully saturated rings. The summed E-state index contributed by atoms with van der Waals surface area (Å²) in [4.78, 5) is 14.4. The molecule has 17 heavy (non-hydrogen) atoms. The molecule has 0 aliphatic rings. The summed E-state index contributed by atoms with van der Waals surface area (Å²) in [5, 5.41) is 8.77. The van der Waals surface area contributed by atoms with E-state index in [1.54, 1.807) is 0 Å². The van der Waals surface area contributed by atoms with Gasteiger partial charge in [-0.05, 0) is 25.1 Å². The highest BCUT2D eigenvalue weighted by Gasteiger charge is 2.17. The van der Waals surface area contributed by atoms with Crippen molar-refractivity contribution < 1.29 is 23.1 Å². The lowest BCUT2D eigenvalue weighted by atomic mass is 10.2. The van der Waals surface area contributed by atoms with Gasteiger partial charge in [-0.1, -0.05) is 0 Å². The molecule has 0 bridgehead atoms. The van der Waals surface area contributed by atoms with Crippen molar-refractivity contribution in [1.82, 2.24) is 4.98 Å². The third-order valence-corrected chi connectivity index (χ3v) is 2.17. The Kier molecular flexibility index (Phi) is 2.63. The number of carboxylic acids is 1. The van der Waals surface area contributed by atoms with E-state index < -0.39 is 17.6 Å². The van der Waals surface area contributed by atoms with E-state index in [0.717, 1.165) is 12.1 Å². The van der Waals surface area contributed by atoms with Gasteiger partial charge in [-0.15, -0.1) is 0 Å². The van der Waals surface area contributed by atoms with Gasteiger partial charge in [0.2, 0.25) is 5.89 Å². The molecule has 0 saturated carbocycles. The van der Waals surface area contributed by atoms with Gasteiger partial charge in [0.15, 0.2) is 17.3 Å². The average Bonchev–Trinajstić information content (AvgIpc) is 2.64. The van der Waals surface area contributed by atoms with Crippen molar-refractivity contribution in [3.63, 3.8) is 0 Å². The van der Waals surface area contributed by atoms with Crippen molar-refractivity contribution in [1.29, 1.82) is 0 Å². The molecule has 1 N–H and O–H groups in total. The van der Waals surface area contributed by atoms with E-state index in [9.17, 15) is 13.6 Å². The first-order chi connectivity index (χ1) is 7.99. The van der Waals surface area contributed by atoms with Crippen molar-refractivity contribution in [3.8, 4) is 11.5 Å². The number of rotatable bonds is 2. The lowest BCUT2D eigenvalue weighted by molar-refractivity contribution is 0.0689. The summed E-state index contributed by atoms with van der Waals surface area (Å²) in [5.74, 6) is -3.22. The maximum absolute atomic E-state index is 13.0. The van der Waals surface area contributed by atoms with Crippen molar-refractivity contribution in [2.45, 2.75) is 6.92 Å². The average molecular weight is 239 g/mol. The molecule has 0 radical (unpaired) electrons. The maximum atomic E-state index is 13.0. The first-order valence-electron chi connectivity index (χ1n) is 4.65. The fourth-order valence-electron chi connectivity index (χ4n) is 1.35. The molecule has 6 heteroatoms. The third kappa shape index (κ3) is 2.01. The molecule has 0 unspecified atom stereocenters. The minimum atomic E-state index is -1.24. The Morgan fingerprint density at radius 3 is 2.59 bits per heavy atom. The molecule has 4 nitrogen and oxygen atoms in total. The van der Waals surface area contributed by atoms with Crippen LogP contribution in [0, 0.1) is 18.6 Å². The minimum Gasteiger partial charge on any atom is -0.476 e. The Labute approximate surface area is 94.5 Å². The van der Waals surface area contributed by atoms with Gasteiger partial charge in [0.25, 0.3) is 0 Å². The molecule has 2 rings (SSSR count). The Morgan fingerprint density at radius 2 is 2.06 bits per heavy atom. The second-order valence-electron chi connectivity index (χ2n) is 3.36. The Balaban J connectivity index is 2.50. The van der Waals surface area contributed by atoms with Crippen LogP contribution in [0.3, 0.4) is 0 Å². The van der Waals surface area contributed by atoms with Gasteiger partial charge in [-0.3, -0.25) is 0 Å². The summed E-state index contributed by atoms with van der Waals surface area (Å²) in [6.45, 7) is 1.43. The summed E-state index contributed by atoms with van der Waals surface area (Å²) >= 11 is 0. The highest BCUT2D eigenvalue weighted by atomic mass is 19.2. The highest BCUT2D eigenvalue weighted by molar-refractivity contribution is 5.87. The van der Waals surface area contributed by atoms with E-state index in [1.165, 1.54) is 13.0 Å². The molecular weight excluding hydrogens is 232 g/mol. The summed E-state index contributed by atoms with van der Waals surface area (Å²) in [6.07, 6.45) is 0. The third-order valence-electron chi connectivity index (χ3n) is 2.17. The van der Waals surface area contributed by atoms with Crippen LogP contribution in [0.5, 0.6) is 0 Å². The van der Waals surface area contributed by atoms with E-state index in [1.807, 2.05) is 0 Å². The van der Waals surface area contributed by atoms with Crippen molar-refractivity contribution in [2.24, 2.45) is 0 Å². The minimum absolute atomic E-state index is 0.0567. The number of carbonyl (C=O) groups is 1. The predicted molar refractivity (Wildman–Crippen MR) is 53.6 cm³/mol. The van der Waals surface area contributed by atoms with Crippen LogP contribution in [0.15, 0.2) is 22.6 Å². The number of aryl methyl sites for hydroxylation is 1. The largest absolute Gasteiger partial charge is 0.476 e. The number of benzene rings is 1. The number of nitrogens with zero attached hydrogens (tertiary/aromatic N) is 1. The Bertz CT molecular complexity index is 592. The fraction of sp³-hybridized carbons (Fsp3) is 0.0909. The lowest BCUT2D eigenvalue weighted by Crippen LogP contribution is -1.98. The zero-order chi connectivity index (χ0) is 12.6. The van der Waals surface area contributed by atoms with E-state index in [0.29, 0.717) is 0 Å². The van der Waals surface area contributed by atoms with Crippen molar-refractivity contribution >= 4 is 5.97 Å². The summed E-state index contributed by atoms with van der Waals surface area (Å²) < 4.78 is 30.8. The van der Waals surface area contributed by atoms with E-state index >= 15 is 0 Å². The second-order valence-corrected chi connectivity index (χ2v) is 3.36. The number of carboxylic acid groups (broad SMARTS) is 1. The van der Waals surface area contributed by atoms with Gasteiger partial charge in [0.1, 0.15) is 5.76 Å². The van der Waals surface area contributed by atoms with Crippen LogP contribution in [-0.2, 0) is 0 Å². The SMILES string of the molecule is Cc1oc(-c2ccc(F)c(F)c2)nc1C(=O)O. The monoisotopic (exact) mass is 239 g/mol. The number of hydrogen-bond donors (Lipinski definition) is 1. The quantitative estimate of drug-likeness (QED) is 0.874. The van der Waals surface area contributed by atoms with Gasteiger partial charge >= 0.3 is 5.97 Å². The van der Waals surface area contributed by atoms with Crippen LogP contribution in [0.25, 0.3) is 11.5 Å². The van der Waals surface area contributed by atoms with Crippen molar-refractivity contribution in [2.75, 3.05) is 0 Å².